The summed E-state index contributed by atoms with van der Waals surface area (Å²) in [6.07, 6.45) is 11.7. The van der Waals surface area contributed by atoms with Crippen molar-refractivity contribution in [1.29, 1.82) is 0 Å². The van der Waals surface area contributed by atoms with Crippen LogP contribution in [0.1, 0.15) is 90.0 Å². The zero-order valence-corrected chi connectivity index (χ0v) is 17.1. The summed E-state index contributed by atoms with van der Waals surface area (Å²) < 4.78 is 12.3. The molecule has 0 spiro atoms. The third-order valence-corrected chi connectivity index (χ3v) is 6.52. The van der Waals surface area contributed by atoms with Gasteiger partial charge in [-0.3, -0.25) is 0 Å². The molecule has 2 fully saturated rings. The van der Waals surface area contributed by atoms with Crippen LogP contribution in [0.4, 0.5) is 0 Å². The van der Waals surface area contributed by atoms with Gasteiger partial charge in [0.1, 0.15) is 11.5 Å². The standard InChI is InChI=1S/C24H38O2/c1-4-15-25-22-13-14-24(26-17-20-9-5-18(2)6-10-20)23(16-22)21-11-7-19(3)8-12-21/h13-14,16,18-21H,4-12,15,17H2,1-3H3. The first-order chi connectivity index (χ1) is 12.7. The summed E-state index contributed by atoms with van der Waals surface area (Å²) in [5, 5.41) is 0. The summed E-state index contributed by atoms with van der Waals surface area (Å²) in [6.45, 7) is 8.61. The summed E-state index contributed by atoms with van der Waals surface area (Å²) in [7, 11) is 0. The highest BCUT2D eigenvalue weighted by molar-refractivity contribution is 5.42. The van der Waals surface area contributed by atoms with Gasteiger partial charge in [-0.1, -0.05) is 46.5 Å². The molecule has 0 N–H and O–H groups in total. The summed E-state index contributed by atoms with van der Waals surface area (Å²) in [4.78, 5) is 0. The van der Waals surface area contributed by atoms with Crippen LogP contribution in [0.2, 0.25) is 0 Å². The van der Waals surface area contributed by atoms with Gasteiger partial charge in [0.15, 0.2) is 0 Å². The van der Waals surface area contributed by atoms with Gasteiger partial charge < -0.3 is 9.47 Å². The minimum Gasteiger partial charge on any atom is -0.494 e. The van der Waals surface area contributed by atoms with Crippen molar-refractivity contribution in [2.45, 2.75) is 84.5 Å². The van der Waals surface area contributed by atoms with E-state index < -0.39 is 0 Å². The molecular weight excluding hydrogens is 320 g/mol. The van der Waals surface area contributed by atoms with E-state index in [1.165, 1.54) is 56.9 Å². The monoisotopic (exact) mass is 358 g/mol. The van der Waals surface area contributed by atoms with Crippen LogP contribution in [0.3, 0.4) is 0 Å². The minimum absolute atomic E-state index is 0.637. The maximum atomic E-state index is 6.40. The molecule has 0 aromatic heterocycles. The summed E-state index contributed by atoms with van der Waals surface area (Å²) >= 11 is 0. The van der Waals surface area contributed by atoms with Gasteiger partial charge in [0.2, 0.25) is 0 Å². The first-order valence-corrected chi connectivity index (χ1v) is 11.0. The normalized spacial score (nSPS) is 29.3. The second-order valence-corrected chi connectivity index (χ2v) is 8.94. The average Bonchev–Trinajstić information content (AvgIpc) is 2.67. The van der Waals surface area contributed by atoms with Gasteiger partial charge in [-0.05, 0) is 74.0 Å². The lowest BCUT2D eigenvalue weighted by molar-refractivity contribution is 0.185. The summed E-state index contributed by atoms with van der Waals surface area (Å²) in [5.74, 6) is 5.28. The molecule has 0 amide bonds. The third kappa shape index (κ3) is 5.41. The van der Waals surface area contributed by atoms with E-state index in [0.717, 1.165) is 48.9 Å². The fourth-order valence-electron chi connectivity index (χ4n) is 4.56. The van der Waals surface area contributed by atoms with Crippen molar-refractivity contribution in [3.63, 3.8) is 0 Å². The zero-order valence-electron chi connectivity index (χ0n) is 17.1. The molecule has 2 nitrogen and oxygen atoms in total. The van der Waals surface area contributed by atoms with Crippen LogP contribution in [-0.4, -0.2) is 13.2 Å². The van der Waals surface area contributed by atoms with E-state index in [9.17, 15) is 0 Å². The molecule has 146 valence electrons. The average molecular weight is 359 g/mol. The van der Waals surface area contributed by atoms with E-state index in [1.54, 1.807) is 0 Å². The van der Waals surface area contributed by atoms with E-state index in [0.29, 0.717) is 5.92 Å². The van der Waals surface area contributed by atoms with Crippen LogP contribution in [0.25, 0.3) is 0 Å². The predicted octanol–water partition coefficient (Wildman–Crippen LogP) is 6.97. The van der Waals surface area contributed by atoms with Crippen molar-refractivity contribution in [2.24, 2.45) is 17.8 Å². The molecule has 2 saturated carbocycles. The molecule has 2 aliphatic rings. The summed E-state index contributed by atoms with van der Waals surface area (Å²) in [5.41, 5.74) is 1.40. The van der Waals surface area contributed by atoms with Crippen molar-refractivity contribution < 1.29 is 9.47 Å². The first kappa shape index (κ1) is 19.6. The zero-order chi connectivity index (χ0) is 18.4. The molecule has 2 aliphatic carbocycles. The highest BCUT2D eigenvalue weighted by atomic mass is 16.5. The Morgan fingerprint density at radius 1 is 0.846 bits per heavy atom. The smallest absolute Gasteiger partial charge is 0.123 e. The highest BCUT2D eigenvalue weighted by Crippen LogP contribution is 2.41. The second kappa shape index (κ2) is 9.67. The van der Waals surface area contributed by atoms with Crippen LogP contribution in [-0.2, 0) is 0 Å². The van der Waals surface area contributed by atoms with Crippen molar-refractivity contribution >= 4 is 0 Å². The molecular formula is C24H38O2. The van der Waals surface area contributed by atoms with Crippen molar-refractivity contribution in [2.75, 3.05) is 13.2 Å². The van der Waals surface area contributed by atoms with Gasteiger partial charge in [0, 0.05) is 5.56 Å². The lowest BCUT2D eigenvalue weighted by Gasteiger charge is -2.29. The highest BCUT2D eigenvalue weighted by Gasteiger charge is 2.24. The van der Waals surface area contributed by atoms with E-state index in [2.05, 4.69) is 39.0 Å². The van der Waals surface area contributed by atoms with Crippen molar-refractivity contribution in [3.8, 4) is 11.5 Å². The Kier molecular flexibility index (Phi) is 7.28. The predicted molar refractivity (Wildman–Crippen MR) is 109 cm³/mol. The van der Waals surface area contributed by atoms with Crippen LogP contribution < -0.4 is 9.47 Å². The van der Waals surface area contributed by atoms with Gasteiger partial charge in [-0.25, -0.2) is 0 Å². The maximum Gasteiger partial charge on any atom is 0.123 e. The van der Waals surface area contributed by atoms with E-state index in [1.807, 2.05) is 0 Å². The van der Waals surface area contributed by atoms with E-state index in [4.69, 9.17) is 9.47 Å². The largest absolute Gasteiger partial charge is 0.494 e. The molecule has 0 bridgehead atoms. The van der Waals surface area contributed by atoms with Crippen molar-refractivity contribution in [1.82, 2.24) is 0 Å². The topological polar surface area (TPSA) is 18.5 Å². The quantitative estimate of drug-likeness (QED) is 0.524. The van der Waals surface area contributed by atoms with Gasteiger partial charge >= 0.3 is 0 Å². The Morgan fingerprint density at radius 2 is 1.50 bits per heavy atom. The Bertz CT molecular complexity index is 537. The summed E-state index contributed by atoms with van der Waals surface area (Å²) in [6, 6.07) is 6.54. The van der Waals surface area contributed by atoms with Crippen LogP contribution in [0, 0.1) is 17.8 Å². The van der Waals surface area contributed by atoms with Gasteiger partial charge in [0.25, 0.3) is 0 Å². The minimum atomic E-state index is 0.637. The fraction of sp³-hybridized carbons (Fsp3) is 0.750. The molecule has 0 aliphatic heterocycles. The van der Waals surface area contributed by atoms with Gasteiger partial charge in [-0.15, -0.1) is 0 Å². The lowest BCUT2D eigenvalue weighted by Crippen LogP contribution is -2.19. The molecule has 26 heavy (non-hydrogen) atoms. The molecule has 1 aromatic rings. The Balaban J connectivity index is 1.68. The van der Waals surface area contributed by atoms with E-state index in [-0.39, 0.29) is 0 Å². The fourth-order valence-corrected chi connectivity index (χ4v) is 4.56. The Morgan fingerprint density at radius 3 is 2.15 bits per heavy atom. The number of rotatable bonds is 7. The first-order valence-electron chi connectivity index (χ1n) is 11.0. The second-order valence-electron chi connectivity index (χ2n) is 8.94. The maximum absolute atomic E-state index is 6.40. The van der Waals surface area contributed by atoms with Crippen LogP contribution >= 0.6 is 0 Å². The van der Waals surface area contributed by atoms with Gasteiger partial charge in [-0.2, -0.15) is 0 Å². The SMILES string of the molecule is CCCOc1ccc(OCC2CCC(C)CC2)c(C2CCC(C)CC2)c1. The number of hydrogen-bond acceptors (Lipinski definition) is 2. The number of benzene rings is 1. The Labute approximate surface area is 160 Å². The molecule has 2 heteroatoms. The lowest BCUT2D eigenvalue weighted by atomic mass is 9.79. The number of ether oxygens (including phenoxy) is 2. The van der Waals surface area contributed by atoms with Crippen LogP contribution in [0.15, 0.2) is 18.2 Å². The molecule has 0 saturated heterocycles. The third-order valence-electron chi connectivity index (χ3n) is 6.52. The molecule has 0 atom stereocenters. The molecule has 0 unspecified atom stereocenters. The van der Waals surface area contributed by atoms with Crippen molar-refractivity contribution in [3.05, 3.63) is 23.8 Å². The Hall–Kier alpha value is -1.18. The van der Waals surface area contributed by atoms with E-state index >= 15 is 0 Å². The molecule has 1 aromatic carbocycles. The van der Waals surface area contributed by atoms with Gasteiger partial charge in [0.05, 0.1) is 13.2 Å². The molecule has 0 radical (unpaired) electrons. The molecule has 0 heterocycles. The molecule has 3 rings (SSSR count). The number of hydrogen-bond donors (Lipinski definition) is 0. The van der Waals surface area contributed by atoms with Crippen LogP contribution in [0.5, 0.6) is 11.5 Å².